The van der Waals surface area contributed by atoms with E-state index in [0.29, 0.717) is 33.0 Å². The Balaban J connectivity index is 1.54. The summed E-state index contributed by atoms with van der Waals surface area (Å²) in [5.41, 5.74) is 2.88. The lowest BCUT2D eigenvalue weighted by atomic mass is 10.1. The number of fused-ring (bicyclic) bond motifs is 1. The first kappa shape index (κ1) is 28.8. The smallest absolute Gasteiger partial charge is 0.250 e. The molecule has 1 aromatic carbocycles. The summed E-state index contributed by atoms with van der Waals surface area (Å²) in [7, 11) is -1.99. The first-order chi connectivity index (χ1) is 18.0. The van der Waals surface area contributed by atoms with Crippen LogP contribution in [-0.2, 0) is 20.8 Å². The van der Waals surface area contributed by atoms with E-state index in [2.05, 4.69) is 57.2 Å². The van der Waals surface area contributed by atoms with Gasteiger partial charge in [-0.2, -0.15) is 10.2 Å². The van der Waals surface area contributed by atoms with Gasteiger partial charge in [-0.1, -0.05) is 20.8 Å². The summed E-state index contributed by atoms with van der Waals surface area (Å²) in [6, 6.07) is 6.31. The Labute approximate surface area is 227 Å². The minimum atomic E-state index is -1.99. The molecule has 1 unspecified atom stereocenters. The highest BCUT2D eigenvalue weighted by Crippen LogP contribution is 2.39. The van der Waals surface area contributed by atoms with Gasteiger partial charge >= 0.3 is 0 Å². The molecule has 1 aliphatic rings. The molecule has 3 aromatic rings. The van der Waals surface area contributed by atoms with Gasteiger partial charge in [0, 0.05) is 23.8 Å². The van der Waals surface area contributed by atoms with Crippen molar-refractivity contribution >= 4 is 19.2 Å². The standard InChI is InChI=1S/C28H44N4O5Si/c1-21(33)20-35-16-15-34-14-12-31-19-22(18-29-31)27-24-17-23(37-38(5,6)28(2,3)4)10-11-25(24)32(30-27)26-9-7-8-13-36-26/h10-11,17-19,21,26,33H,7-9,12-16,20H2,1-6H3/t21-,26?/m1/s1. The Bertz CT molecular complexity index is 1180. The summed E-state index contributed by atoms with van der Waals surface area (Å²) in [5, 5.41) is 20.0. The molecule has 2 atom stereocenters. The molecule has 210 valence electrons. The van der Waals surface area contributed by atoms with E-state index in [1.165, 1.54) is 0 Å². The van der Waals surface area contributed by atoms with Gasteiger partial charge in [0.05, 0.1) is 50.8 Å². The van der Waals surface area contributed by atoms with Crippen molar-refractivity contribution in [3.63, 3.8) is 0 Å². The second kappa shape index (κ2) is 12.3. The van der Waals surface area contributed by atoms with Gasteiger partial charge in [-0.25, -0.2) is 4.68 Å². The summed E-state index contributed by atoms with van der Waals surface area (Å²) >= 11 is 0. The van der Waals surface area contributed by atoms with Crippen molar-refractivity contribution in [1.29, 1.82) is 0 Å². The zero-order valence-electron chi connectivity index (χ0n) is 23.8. The van der Waals surface area contributed by atoms with Crippen molar-refractivity contribution in [3.05, 3.63) is 30.6 Å². The molecular weight excluding hydrogens is 500 g/mol. The van der Waals surface area contributed by atoms with E-state index >= 15 is 0 Å². The molecule has 4 rings (SSSR count). The van der Waals surface area contributed by atoms with Crippen LogP contribution in [0.15, 0.2) is 30.6 Å². The predicted octanol–water partition coefficient (Wildman–Crippen LogP) is 5.40. The molecule has 2 aromatic heterocycles. The highest BCUT2D eigenvalue weighted by Gasteiger charge is 2.39. The van der Waals surface area contributed by atoms with Crippen molar-refractivity contribution in [2.75, 3.05) is 33.0 Å². The molecule has 1 N–H and O–H groups in total. The van der Waals surface area contributed by atoms with E-state index in [0.717, 1.165) is 53.8 Å². The second-order valence-electron chi connectivity index (χ2n) is 11.7. The minimum absolute atomic E-state index is 0.0633. The number of aromatic nitrogens is 4. The molecule has 9 nitrogen and oxygen atoms in total. The van der Waals surface area contributed by atoms with Gasteiger partial charge in [0.15, 0.2) is 6.23 Å². The Kier molecular flexibility index (Phi) is 9.30. The number of aliphatic hydroxyl groups excluding tert-OH is 1. The third-order valence-electron chi connectivity index (χ3n) is 7.39. The van der Waals surface area contributed by atoms with Gasteiger partial charge in [0.2, 0.25) is 8.32 Å². The molecule has 0 bridgehead atoms. The van der Waals surface area contributed by atoms with Gasteiger partial charge in [0.1, 0.15) is 11.4 Å². The van der Waals surface area contributed by atoms with Crippen LogP contribution in [0.5, 0.6) is 5.75 Å². The zero-order chi connectivity index (χ0) is 27.3. The number of benzene rings is 1. The molecule has 1 saturated heterocycles. The summed E-state index contributed by atoms with van der Waals surface area (Å²) in [4.78, 5) is 0. The molecule has 0 spiro atoms. The van der Waals surface area contributed by atoms with E-state index in [4.69, 9.17) is 23.7 Å². The minimum Gasteiger partial charge on any atom is -0.543 e. The van der Waals surface area contributed by atoms with Crippen LogP contribution in [0.1, 0.15) is 53.2 Å². The van der Waals surface area contributed by atoms with E-state index in [1.807, 2.05) is 21.8 Å². The SMILES string of the molecule is C[C@@H](O)COCCOCCn1cc(-c2nn(C3CCCCO3)c3ccc(O[Si](C)(C)C(C)(C)C)cc23)cn1. The number of rotatable bonds is 12. The predicted molar refractivity (Wildman–Crippen MR) is 151 cm³/mol. The lowest BCUT2D eigenvalue weighted by Gasteiger charge is -2.36. The van der Waals surface area contributed by atoms with Gasteiger partial charge in [-0.3, -0.25) is 4.68 Å². The highest BCUT2D eigenvalue weighted by atomic mass is 28.4. The number of hydrogen-bond donors (Lipinski definition) is 1. The third-order valence-corrected chi connectivity index (χ3v) is 11.7. The topological polar surface area (TPSA) is 92.8 Å². The van der Waals surface area contributed by atoms with Gasteiger partial charge in [-0.05, 0) is 62.5 Å². The molecular formula is C28H44N4O5Si. The third kappa shape index (κ3) is 7.03. The van der Waals surface area contributed by atoms with Gasteiger partial charge < -0.3 is 23.7 Å². The van der Waals surface area contributed by atoms with Crippen molar-refractivity contribution < 1.29 is 23.7 Å². The molecule has 0 amide bonds. The second-order valence-corrected chi connectivity index (χ2v) is 16.4. The van der Waals surface area contributed by atoms with Crippen molar-refractivity contribution in [3.8, 4) is 17.0 Å². The number of hydrogen-bond acceptors (Lipinski definition) is 7. The average molecular weight is 545 g/mol. The Morgan fingerprint density at radius 1 is 1.16 bits per heavy atom. The fourth-order valence-corrected chi connectivity index (χ4v) is 5.24. The van der Waals surface area contributed by atoms with Crippen molar-refractivity contribution in [2.45, 2.75) is 84.0 Å². The first-order valence-corrected chi connectivity index (χ1v) is 16.7. The molecule has 1 fully saturated rings. The molecule has 1 aliphatic heterocycles. The van der Waals surface area contributed by atoms with Crippen molar-refractivity contribution in [1.82, 2.24) is 19.6 Å². The van der Waals surface area contributed by atoms with E-state index in [-0.39, 0.29) is 11.3 Å². The molecule has 38 heavy (non-hydrogen) atoms. The lowest BCUT2D eigenvalue weighted by molar-refractivity contribution is -0.0365. The summed E-state index contributed by atoms with van der Waals surface area (Å²) in [6.45, 7) is 16.2. The highest BCUT2D eigenvalue weighted by molar-refractivity contribution is 6.74. The molecule has 0 radical (unpaired) electrons. The van der Waals surface area contributed by atoms with E-state index in [9.17, 15) is 5.11 Å². The van der Waals surface area contributed by atoms with E-state index < -0.39 is 14.4 Å². The van der Waals surface area contributed by atoms with Crippen LogP contribution in [0.4, 0.5) is 0 Å². The first-order valence-electron chi connectivity index (χ1n) is 13.7. The van der Waals surface area contributed by atoms with Gasteiger partial charge in [-0.15, -0.1) is 0 Å². The Hall–Kier alpha value is -2.24. The number of aliphatic hydroxyl groups is 1. The quantitative estimate of drug-likeness (QED) is 0.241. The van der Waals surface area contributed by atoms with Crippen LogP contribution in [0.25, 0.3) is 22.2 Å². The van der Waals surface area contributed by atoms with Crippen LogP contribution in [0.3, 0.4) is 0 Å². The Morgan fingerprint density at radius 2 is 1.95 bits per heavy atom. The van der Waals surface area contributed by atoms with Crippen LogP contribution >= 0.6 is 0 Å². The maximum absolute atomic E-state index is 9.24. The van der Waals surface area contributed by atoms with E-state index in [1.54, 1.807) is 6.92 Å². The Morgan fingerprint density at radius 3 is 2.66 bits per heavy atom. The maximum atomic E-state index is 9.24. The molecule has 3 heterocycles. The fourth-order valence-electron chi connectivity index (χ4n) is 4.22. The average Bonchev–Trinajstić information content (AvgIpc) is 3.47. The molecule has 0 aliphatic carbocycles. The largest absolute Gasteiger partial charge is 0.543 e. The van der Waals surface area contributed by atoms with Crippen LogP contribution in [-0.4, -0.2) is 72.1 Å². The number of nitrogens with zero attached hydrogens (tertiary/aromatic N) is 4. The summed E-state index contributed by atoms with van der Waals surface area (Å²) in [5.74, 6) is 0.882. The fraction of sp³-hybridized carbons (Fsp3) is 0.643. The van der Waals surface area contributed by atoms with Crippen LogP contribution in [0, 0.1) is 0 Å². The molecule has 0 saturated carbocycles. The number of ether oxygens (including phenoxy) is 3. The lowest BCUT2D eigenvalue weighted by Crippen LogP contribution is -2.43. The maximum Gasteiger partial charge on any atom is 0.250 e. The van der Waals surface area contributed by atoms with Crippen LogP contribution in [0.2, 0.25) is 18.1 Å². The monoisotopic (exact) mass is 544 g/mol. The molecule has 10 heteroatoms. The van der Waals surface area contributed by atoms with Gasteiger partial charge in [0.25, 0.3) is 0 Å². The summed E-state index contributed by atoms with van der Waals surface area (Å²) < 4.78 is 27.7. The van der Waals surface area contributed by atoms with Crippen molar-refractivity contribution in [2.24, 2.45) is 0 Å². The van der Waals surface area contributed by atoms with Crippen LogP contribution < -0.4 is 4.43 Å². The summed E-state index contributed by atoms with van der Waals surface area (Å²) in [6.07, 6.45) is 6.53. The normalized spacial score (nSPS) is 17.7. The zero-order valence-corrected chi connectivity index (χ0v) is 24.8.